The fraction of sp³-hybridized carbons (Fsp3) is 0.250. The van der Waals surface area contributed by atoms with Crippen LogP contribution in [0, 0.1) is 0 Å². The molecule has 0 radical (unpaired) electrons. The number of hydrogen-bond acceptors (Lipinski definition) is 4. The van der Waals surface area contributed by atoms with Gasteiger partial charge in [-0.1, -0.05) is 411 Å². The number of hydrogen-bond donors (Lipinski definition) is 0. The topological polar surface area (TPSA) is 13.0 Å². The Bertz CT molecular complexity index is 8130. The molecule has 4 aliphatic carbocycles. The van der Waals surface area contributed by atoms with Crippen LogP contribution in [0.1, 0.15) is 258 Å². The monoisotopic (exact) mass is 1930 g/mol. The van der Waals surface area contributed by atoms with Crippen molar-refractivity contribution in [1.29, 1.82) is 0 Å². The standard InChI is InChI=1S/C82H76N2.C62H64N2/c1-77(2,3)75-63-41-35-49(83(51-31-37-59-55-23-15-19-27-67(55)79(7,8)71(59)45-51)52-32-38-60-56-24-16-20-28-68(56)80(9,10)72(60)46-52)43-65(63)76(78(4,5)6)66-44-50(36-42-64(66)75)84(53-33-39-61-57-25-17-21-29-69(57)81(11,12)73(61)47-53)54-34-40-62-58-26-18-22-30-70(58)82(13,14)74(62)48-54;1-59(2,3)45-23-29-47(30-24-45)63(49-27-21-41-17-13-15-19-43(41)37-49)51-33-35-53-55(39-51)58(62(10,11)12)56-40-52(34-36-54(56)57(53)61(7,8)9)64(48-31-25-46(26-32-48)60(4,5)6)50-28-22-42-18-14-16-20-44(42)38-50/h15-48H,1-14H3;13-40H,1-12H3. The second kappa shape index (κ2) is 34.4. The fourth-order valence-electron chi connectivity index (χ4n) is 26.2. The summed E-state index contributed by atoms with van der Waals surface area (Å²) in [6.07, 6.45) is 0. The molecule has 4 nitrogen and oxygen atoms in total. The van der Waals surface area contributed by atoms with E-state index in [4.69, 9.17) is 0 Å². The Hall–Kier alpha value is -14.8. The molecule has 20 aromatic carbocycles. The lowest BCUT2D eigenvalue weighted by atomic mass is 9.74. The summed E-state index contributed by atoms with van der Waals surface area (Å²) in [7, 11) is 0. The maximum Gasteiger partial charge on any atom is 0.0468 e. The fourth-order valence-corrected chi connectivity index (χ4v) is 26.2. The Morgan fingerprint density at radius 1 is 0.142 bits per heavy atom. The van der Waals surface area contributed by atoms with Crippen LogP contribution < -0.4 is 19.6 Å². The van der Waals surface area contributed by atoms with Gasteiger partial charge in [0.1, 0.15) is 0 Å². The zero-order chi connectivity index (χ0) is 104. The van der Waals surface area contributed by atoms with E-state index in [-0.39, 0.29) is 54.1 Å². The van der Waals surface area contributed by atoms with Gasteiger partial charge in [0.15, 0.2) is 0 Å². The van der Waals surface area contributed by atoms with Crippen molar-refractivity contribution in [2.24, 2.45) is 0 Å². The third kappa shape index (κ3) is 16.0. The molecule has 0 spiro atoms. The molecule has 0 saturated carbocycles. The highest BCUT2D eigenvalue weighted by Crippen LogP contribution is 2.60. The average molecular weight is 1930 g/mol. The number of benzene rings is 20. The molecule has 0 N–H and O–H groups in total. The minimum absolute atomic E-state index is 0.0554. The van der Waals surface area contributed by atoms with Crippen LogP contribution in [0.2, 0.25) is 0 Å². The maximum absolute atomic E-state index is 2.56. The first kappa shape index (κ1) is 96.6. The highest BCUT2D eigenvalue weighted by Gasteiger charge is 2.43. The lowest BCUT2D eigenvalue weighted by molar-refractivity contribution is 0.590. The first-order valence-electron chi connectivity index (χ1n) is 53.7. The van der Waals surface area contributed by atoms with Crippen LogP contribution in [0.25, 0.3) is 109 Å². The zero-order valence-electron chi connectivity index (χ0n) is 91.6. The van der Waals surface area contributed by atoms with Crippen LogP contribution in [0.5, 0.6) is 0 Å². The predicted molar refractivity (Wildman–Crippen MR) is 639 cm³/mol. The summed E-state index contributed by atoms with van der Waals surface area (Å²) in [6.45, 7) is 61.6. The van der Waals surface area contributed by atoms with Crippen LogP contribution in [0.3, 0.4) is 0 Å². The van der Waals surface area contributed by atoms with Gasteiger partial charge in [-0.2, -0.15) is 0 Å². The Balaban J connectivity index is 0.000000169. The van der Waals surface area contributed by atoms with Gasteiger partial charge in [0, 0.05) is 89.9 Å². The molecule has 0 heterocycles. The molecule has 0 amide bonds. The van der Waals surface area contributed by atoms with Gasteiger partial charge in [0.05, 0.1) is 0 Å². The van der Waals surface area contributed by atoms with Crippen molar-refractivity contribution >= 4 is 133 Å². The summed E-state index contributed by atoms with van der Waals surface area (Å²) >= 11 is 0. The first-order valence-corrected chi connectivity index (χ1v) is 53.7. The largest absolute Gasteiger partial charge is 0.310 e. The van der Waals surface area contributed by atoms with E-state index >= 15 is 0 Å². The summed E-state index contributed by atoms with van der Waals surface area (Å²) < 4.78 is 0. The lowest BCUT2D eigenvalue weighted by Gasteiger charge is -2.34. The number of fused-ring (bicyclic) bond motifs is 18. The number of nitrogens with zero attached hydrogens (tertiary/aromatic N) is 4. The summed E-state index contributed by atoms with van der Waals surface area (Å²) in [4.78, 5) is 10.0. The van der Waals surface area contributed by atoms with E-state index in [0.717, 1.165) is 68.2 Å². The Morgan fingerprint density at radius 2 is 0.324 bits per heavy atom. The van der Waals surface area contributed by atoms with Gasteiger partial charge < -0.3 is 19.6 Å². The van der Waals surface area contributed by atoms with E-state index in [1.165, 1.54) is 187 Å². The van der Waals surface area contributed by atoms with E-state index in [2.05, 4.69) is 576 Å². The van der Waals surface area contributed by atoms with Crippen molar-refractivity contribution in [1.82, 2.24) is 0 Å². The third-order valence-corrected chi connectivity index (χ3v) is 33.5. The molecule has 0 aliphatic heterocycles. The number of rotatable bonds is 12. The van der Waals surface area contributed by atoms with Crippen molar-refractivity contribution in [2.75, 3.05) is 19.6 Å². The SMILES string of the molecule is CC(C)(C)c1c2ccc(N(c3ccc4c(c3)C(C)(C)c3ccccc3-4)c3ccc4c(c3)C(C)(C)c3ccccc3-4)cc2c(C(C)(C)C)c2cc(N(c3ccc4c(c3)C(C)(C)c3ccccc3-4)c3ccc4c(c3)C(C)(C)c3ccccc3-4)ccc12.CC(C)(C)c1ccc(N(c2ccc3ccccc3c2)c2ccc3c(C(C)(C)C)c4ccc(N(c5ccc(C(C)(C)C)cc5)c5ccc6ccccc6c5)cc4c(C(C)(C)C)c3c2)cc1. The Labute approximate surface area is 878 Å². The highest BCUT2D eigenvalue weighted by molar-refractivity contribution is 6.13. The van der Waals surface area contributed by atoms with E-state index in [1.807, 2.05) is 0 Å². The zero-order valence-corrected chi connectivity index (χ0v) is 91.6. The molecule has 0 unspecified atom stereocenters. The van der Waals surface area contributed by atoms with Crippen LogP contribution in [-0.2, 0) is 54.1 Å². The second-order valence-corrected chi connectivity index (χ2v) is 51.0. The number of anilines is 12. The van der Waals surface area contributed by atoms with Crippen molar-refractivity contribution in [2.45, 2.75) is 234 Å². The van der Waals surface area contributed by atoms with Gasteiger partial charge in [-0.3, -0.25) is 0 Å². The third-order valence-electron chi connectivity index (χ3n) is 33.5. The van der Waals surface area contributed by atoms with Crippen molar-refractivity contribution < 1.29 is 0 Å². The molecule has 0 fully saturated rings. The van der Waals surface area contributed by atoms with Crippen molar-refractivity contribution in [3.63, 3.8) is 0 Å². The van der Waals surface area contributed by atoms with Gasteiger partial charge in [-0.05, 0) is 365 Å². The van der Waals surface area contributed by atoms with Gasteiger partial charge in [0.25, 0.3) is 0 Å². The molecule has 0 atom stereocenters. The molecule has 736 valence electrons. The van der Waals surface area contributed by atoms with E-state index in [9.17, 15) is 0 Å². The summed E-state index contributed by atoms with van der Waals surface area (Å²) in [5, 5.41) is 15.4. The minimum atomic E-state index is -0.251. The smallest absolute Gasteiger partial charge is 0.0468 e. The van der Waals surface area contributed by atoms with Crippen LogP contribution in [0.15, 0.2) is 376 Å². The van der Waals surface area contributed by atoms with E-state index < -0.39 is 0 Å². The van der Waals surface area contributed by atoms with Gasteiger partial charge in [-0.25, -0.2) is 0 Å². The Morgan fingerprint density at radius 3 is 0.568 bits per heavy atom. The Kier molecular flexibility index (Phi) is 22.4. The first-order chi connectivity index (χ1) is 70.2. The molecule has 148 heavy (non-hydrogen) atoms. The van der Waals surface area contributed by atoms with Crippen LogP contribution in [-0.4, -0.2) is 0 Å². The normalized spacial score (nSPS) is 14.5. The molecule has 0 aromatic heterocycles. The molecule has 24 rings (SSSR count). The molecular formula is C144H140N4. The van der Waals surface area contributed by atoms with Crippen molar-refractivity contribution in [3.8, 4) is 44.5 Å². The van der Waals surface area contributed by atoms with E-state index in [1.54, 1.807) is 0 Å². The summed E-state index contributed by atoms with van der Waals surface area (Å²) in [6, 6.07) is 144. The van der Waals surface area contributed by atoms with Crippen LogP contribution in [0.4, 0.5) is 68.2 Å². The van der Waals surface area contributed by atoms with Gasteiger partial charge in [0.2, 0.25) is 0 Å². The summed E-state index contributed by atoms with van der Waals surface area (Å²) in [5.74, 6) is 0. The quantitative estimate of drug-likeness (QED) is 0.113. The van der Waals surface area contributed by atoms with Crippen molar-refractivity contribution in [3.05, 3.63) is 454 Å². The van der Waals surface area contributed by atoms with E-state index in [0.29, 0.717) is 0 Å². The molecule has 4 heteroatoms. The molecule has 0 bridgehead atoms. The minimum Gasteiger partial charge on any atom is -0.310 e. The second-order valence-electron chi connectivity index (χ2n) is 51.0. The molecule has 0 saturated heterocycles. The van der Waals surface area contributed by atoms with Gasteiger partial charge in [-0.15, -0.1) is 0 Å². The van der Waals surface area contributed by atoms with Crippen LogP contribution >= 0.6 is 0 Å². The lowest BCUT2D eigenvalue weighted by Crippen LogP contribution is -2.20. The highest BCUT2D eigenvalue weighted by atomic mass is 15.2. The molecule has 20 aromatic rings. The molecular weight excluding hydrogens is 1790 g/mol. The van der Waals surface area contributed by atoms with Gasteiger partial charge >= 0.3 is 0 Å². The predicted octanol–water partition coefficient (Wildman–Crippen LogP) is 41.2. The summed E-state index contributed by atoms with van der Waals surface area (Å²) in [5.41, 5.74) is 42.3. The maximum atomic E-state index is 2.56. The molecule has 4 aliphatic rings. The average Bonchev–Trinajstić information content (AvgIpc) is 1.51.